The van der Waals surface area contributed by atoms with E-state index in [1.807, 2.05) is 25.7 Å². The minimum atomic E-state index is -0.308. The van der Waals surface area contributed by atoms with Crippen LogP contribution in [0.25, 0.3) is 11.0 Å². The molecule has 8 nitrogen and oxygen atoms in total. The molecule has 2 aromatic rings. The van der Waals surface area contributed by atoms with Gasteiger partial charge in [0, 0.05) is 13.1 Å². The molecule has 1 saturated heterocycles. The number of hydrogen-bond acceptors (Lipinski definition) is 5. The molecule has 2 aromatic heterocycles. The van der Waals surface area contributed by atoms with Crippen LogP contribution in [0, 0.1) is 5.92 Å². The monoisotopic (exact) mass is 318 g/mol. The summed E-state index contributed by atoms with van der Waals surface area (Å²) in [4.78, 5) is 33.1. The number of hydrogen-bond donors (Lipinski definition) is 2. The molecular weight excluding hydrogens is 296 g/mol. The number of primary amides is 1. The number of aromatic nitrogens is 4. The van der Waals surface area contributed by atoms with E-state index in [9.17, 15) is 9.59 Å². The van der Waals surface area contributed by atoms with Crippen molar-refractivity contribution in [2.24, 2.45) is 11.7 Å². The van der Waals surface area contributed by atoms with Crippen molar-refractivity contribution >= 4 is 22.9 Å². The number of nitrogens with one attached hydrogen (secondary N) is 1. The number of rotatable bonds is 2. The lowest BCUT2D eigenvalue weighted by molar-refractivity contribution is -0.122. The molecule has 1 aliphatic rings. The van der Waals surface area contributed by atoms with Crippen molar-refractivity contribution in [2.75, 3.05) is 18.0 Å². The van der Waals surface area contributed by atoms with Crippen LogP contribution in [0.5, 0.6) is 0 Å². The second-order valence-corrected chi connectivity index (χ2v) is 7.04. The number of aromatic amines is 1. The fraction of sp³-hybridized carbons (Fsp3) is 0.600. The Morgan fingerprint density at radius 3 is 2.83 bits per heavy atom. The second-order valence-electron chi connectivity index (χ2n) is 7.04. The Morgan fingerprint density at radius 2 is 2.17 bits per heavy atom. The van der Waals surface area contributed by atoms with Crippen molar-refractivity contribution in [1.82, 2.24) is 19.7 Å². The molecule has 3 N–H and O–H groups in total. The molecule has 0 bridgehead atoms. The van der Waals surface area contributed by atoms with Crippen LogP contribution < -0.4 is 16.2 Å². The largest absolute Gasteiger partial charge is 0.369 e. The number of carbonyl (C=O) groups excluding carboxylic acids is 1. The van der Waals surface area contributed by atoms with Crippen LogP contribution in [0.2, 0.25) is 0 Å². The third-order valence-electron chi connectivity index (χ3n) is 4.18. The third-order valence-corrected chi connectivity index (χ3v) is 4.18. The maximum atomic E-state index is 12.3. The van der Waals surface area contributed by atoms with E-state index in [4.69, 9.17) is 5.73 Å². The van der Waals surface area contributed by atoms with Gasteiger partial charge in [-0.2, -0.15) is 10.1 Å². The van der Waals surface area contributed by atoms with E-state index in [1.54, 1.807) is 10.9 Å². The maximum absolute atomic E-state index is 12.3. The van der Waals surface area contributed by atoms with E-state index in [-0.39, 0.29) is 22.9 Å². The molecule has 1 amide bonds. The minimum absolute atomic E-state index is 0.211. The van der Waals surface area contributed by atoms with Gasteiger partial charge >= 0.3 is 0 Å². The van der Waals surface area contributed by atoms with Gasteiger partial charge in [-0.05, 0) is 33.6 Å². The molecule has 8 heteroatoms. The molecule has 23 heavy (non-hydrogen) atoms. The first-order valence-corrected chi connectivity index (χ1v) is 7.80. The topological polar surface area (TPSA) is 110 Å². The number of piperidine rings is 1. The van der Waals surface area contributed by atoms with Gasteiger partial charge in [0.25, 0.3) is 5.56 Å². The molecule has 0 unspecified atom stereocenters. The van der Waals surface area contributed by atoms with Crippen molar-refractivity contribution in [3.8, 4) is 0 Å². The average molecular weight is 318 g/mol. The molecule has 124 valence electrons. The Labute approximate surface area is 133 Å². The summed E-state index contributed by atoms with van der Waals surface area (Å²) in [6.07, 6.45) is 3.16. The smallest absolute Gasteiger partial charge is 0.263 e. The Morgan fingerprint density at radius 1 is 1.43 bits per heavy atom. The van der Waals surface area contributed by atoms with Crippen LogP contribution in [-0.2, 0) is 10.3 Å². The number of nitrogens with two attached hydrogens (primary N) is 1. The summed E-state index contributed by atoms with van der Waals surface area (Å²) in [7, 11) is 0. The van der Waals surface area contributed by atoms with Crippen molar-refractivity contribution in [3.05, 3.63) is 16.6 Å². The standard InChI is InChI=1S/C15H22N6O2/c1-15(2,3)21-12-10(7-17-21)13(23)19-14(18-12)20-6-4-5-9(8-20)11(16)22/h7,9H,4-6,8H2,1-3H3,(H2,16,22)(H,18,19,23)/t9-/m0/s1. The first kappa shape index (κ1) is 15.5. The highest BCUT2D eigenvalue weighted by Gasteiger charge is 2.27. The summed E-state index contributed by atoms with van der Waals surface area (Å²) >= 11 is 0. The van der Waals surface area contributed by atoms with E-state index >= 15 is 0 Å². The molecule has 0 aliphatic carbocycles. The zero-order valence-corrected chi connectivity index (χ0v) is 13.7. The maximum Gasteiger partial charge on any atom is 0.263 e. The predicted molar refractivity (Wildman–Crippen MR) is 87.3 cm³/mol. The zero-order valence-electron chi connectivity index (χ0n) is 13.7. The van der Waals surface area contributed by atoms with Crippen LogP contribution >= 0.6 is 0 Å². The highest BCUT2D eigenvalue weighted by molar-refractivity contribution is 5.78. The van der Waals surface area contributed by atoms with Crippen LogP contribution in [0.4, 0.5) is 5.95 Å². The zero-order chi connectivity index (χ0) is 16.8. The summed E-state index contributed by atoms with van der Waals surface area (Å²) in [5, 5.41) is 4.76. The van der Waals surface area contributed by atoms with Gasteiger partial charge in [0.15, 0.2) is 5.65 Å². The van der Waals surface area contributed by atoms with Crippen molar-refractivity contribution < 1.29 is 4.79 Å². The van der Waals surface area contributed by atoms with E-state index < -0.39 is 0 Å². The predicted octanol–water partition coefficient (Wildman–Crippen LogP) is 0.576. The average Bonchev–Trinajstić information content (AvgIpc) is 2.92. The van der Waals surface area contributed by atoms with Crippen LogP contribution in [0.1, 0.15) is 33.6 Å². The normalized spacial score (nSPS) is 19.3. The Balaban J connectivity index is 2.05. The molecule has 1 fully saturated rings. The summed E-state index contributed by atoms with van der Waals surface area (Å²) in [6.45, 7) is 7.24. The first-order valence-electron chi connectivity index (χ1n) is 7.80. The highest BCUT2D eigenvalue weighted by atomic mass is 16.1. The quantitative estimate of drug-likeness (QED) is 0.841. The van der Waals surface area contributed by atoms with Gasteiger partial charge in [0.05, 0.1) is 17.7 Å². The number of fused-ring (bicyclic) bond motifs is 1. The lowest BCUT2D eigenvalue weighted by atomic mass is 9.98. The fourth-order valence-corrected chi connectivity index (χ4v) is 2.95. The van der Waals surface area contributed by atoms with Gasteiger partial charge in [-0.25, -0.2) is 4.68 Å². The van der Waals surface area contributed by atoms with Gasteiger partial charge in [-0.1, -0.05) is 0 Å². The van der Waals surface area contributed by atoms with E-state index in [0.717, 1.165) is 19.4 Å². The van der Waals surface area contributed by atoms with Crippen molar-refractivity contribution in [3.63, 3.8) is 0 Å². The summed E-state index contributed by atoms with van der Waals surface area (Å²) in [5.41, 5.74) is 5.47. The molecule has 1 atom stereocenters. The molecule has 0 spiro atoms. The minimum Gasteiger partial charge on any atom is -0.369 e. The summed E-state index contributed by atoms with van der Waals surface area (Å²) < 4.78 is 1.75. The Kier molecular flexibility index (Phi) is 3.62. The van der Waals surface area contributed by atoms with Crippen LogP contribution in [-0.4, -0.2) is 38.7 Å². The number of amides is 1. The summed E-state index contributed by atoms with van der Waals surface area (Å²) in [5.74, 6) is -0.0467. The number of carbonyl (C=O) groups is 1. The Hall–Kier alpha value is -2.38. The second kappa shape index (κ2) is 5.36. The van der Waals surface area contributed by atoms with E-state index in [0.29, 0.717) is 23.5 Å². The lowest BCUT2D eigenvalue weighted by Gasteiger charge is -2.31. The lowest BCUT2D eigenvalue weighted by Crippen LogP contribution is -2.42. The number of H-pyrrole nitrogens is 1. The number of nitrogens with zero attached hydrogens (tertiary/aromatic N) is 4. The van der Waals surface area contributed by atoms with E-state index in [1.165, 1.54) is 0 Å². The van der Waals surface area contributed by atoms with Crippen LogP contribution in [0.3, 0.4) is 0 Å². The van der Waals surface area contributed by atoms with Crippen molar-refractivity contribution in [2.45, 2.75) is 39.2 Å². The first-order chi connectivity index (χ1) is 10.8. The Bertz CT molecular complexity index is 800. The van der Waals surface area contributed by atoms with Gasteiger partial charge < -0.3 is 10.6 Å². The van der Waals surface area contributed by atoms with Gasteiger partial charge in [0.2, 0.25) is 11.9 Å². The third kappa shape index (κ3) is 2.80. The molecule has 3 heterocycles. The highest BCUT2D eigenvalue weighted by Crippen LogP contribution is 2.23. The van der Waals surface area contributed by atoms with Crippen molar-refractivity contribution in [1.29, 1.82) is 0 Å². The van der Waals surface area contributed by atoms with E-state index in [2.05, 4.69) is 15.1 Å². The molecule has 0 radical (unpaired) electrons. The van der Waals surface area contributed by atoms with Gasteiger partial charge in [-0.3, -0.25) is 14.6 Å². The fourth-order valence-electron chi connectivity index (χ4n) is 2.95. The molecule has 0 saturated carbocycles. The molecular formula is C15H22N6O2. The molecule has 1 aliphatic heterocycles. The molecule has 3 rings (SSSR count). The summed E-state index contributed by atoms with van der Waals surface area (Å²) in [6, 6.07) is 0. The SMILES string of the molecule is CC(C)(C)n1ncc2c(=O)[nH]c(N3CCC[C@H](C(N)=O)C3)nc21. The number of anilines is 1. The van der Waals surface area contributed by atoms with Gasteiger partial charge in [0.1, 0.15) is 5.39 Å². The van der Waals surface area contributed by atoms with Gasteiger partial charge in [-0.15, -0.1) is 0 Å². The molecule has 0 aromatic carbocycles. The van der Waals surface area contributed by atoms with Crippen LogP contribution in [0.15, 0.2) is 11.0 Å².